The normalized spacial score (nSPS) is 21.4. The Hall–Kier alpha value is -1.14. The summed E-state index contributed by atoms with van der Waals surface area (Å²) < 4.78 is 5.58. The van der Waals surface area contributed by atoms with Crippen LogP contribution in [0.3, 0.4) is 0 Å². The second kappa shape index (κ2) is 7.22. The Bertz CT molecular complexity index is 440. The van der Waals surface area contributed by atoms with E-state index in [0.29, 0.717) is 6.54 Å². The lowest BCUT2D eigenvalue weighted by Crippen LogP contribution is -2.46. The fourth-order valence-corrected chi connectivity index (χ4v) is 3.91. The number of likely N-dealkylation sites (tertiary alicyclic amines) is 1. The van der Waals surface area contributed by atoms with Crippen LogP contribution < -0.4 is 5.32 Å². The summed E-state index contributed by atoms with van der Waals surface area (Å²) in [5.74, 6) is 3.04. The minimum absolute atomic E-state index is 0.0612. The number of carbonyl (C=O) groups excluding carboxylic acids is 1. The quantitative estimate of drug-likeness (QED) is 0.926. The molecule has 2 fully saturated rings. The zero-order chi connectivity index (χ0) is 14.5. The number of hydrogen-bond donors (Lipinski definition) is 1. The molecule has 1 aromatic rings. The predicted molar refractivity (Wildman–Crippen MR) is 84.6 cm³/mol. The number of rotatable bonds is 4. The maximum absolute atomic E-state index is 12.2. The van der Waals surface area contributed by atoms with Gasteiger partial charge in [-0.3, -0.25) is 4.90 Å². The van der Waals surface area contributed by atoms with Crippen molar-refractivity contribution in [2.45, 2.75) is 18.9 Å². The fourth-order valence-electron chi connectivity index (χ4n) is 3.01. The van der Waals surface area contributed by atoms with Gasteiger partial charge in [-0.1, -0.05) is 0 Å². The van der Waals surface area contributed by atoms with Crippen LogP contribution in [-0.4, -0.2) is 60.1 Å². The molecular weight excluding hydrogens is 286 g/mol. The zero-order valence-electron chi connectivity index (χ0n) is 12.3. The average Bonchev–Trinajstić information content (AvgIpc) is 3.22. The van der Waals surface area contributed by atoms with E-state index in [1.807, 2.05) is 28.8 Å². The third kappa shape index (κ3) is 3.74. The molecule has 5 nitrogen and oxygen atoms in total. The number of furan rings is 1. The van der Waals surface area contributed by atoms with Gasteiger partial charge in [0.1, 0.15) is 5.76 Å². The summed E-state index contributed by atoms with van der Waals surface area (Å²) in [7, 11) is 0. The van der Waals surface area contributed by atoms with E-state index >= 15 is 0 Å². The van der Waals surface area contributed by atoms with Crippen molar-refractivity contribution in [3.8, 4) is 0 Å². The van der Waals surface area contributed by atoms with Crippen molar-refractivity contribution in [1.29, 1.82) is 0 Å². The second-order valence-corrected chi connectivity index (χ2v) is 6.78. The molecule has 0 radical (unpaired) electrons. The molecule has 0 bridgehead atoms. The highest BCUT2D eigenvalue weighted by molar-refractivity contribution is 7.99. The van der Waals surface area contributed by atoms with Crippen LogP contribution in [0.5, 0.6) is 0 Å². The molecule has 1 N–H and O–H groups in total. The molecule has 2 amide bonds. The van der Waals surface area contributed by atoms with Gasteiger partial charge >= 0.3 is 6.03 Å². The van der Waals surface area contributed by atoms with Crippen molar-refractivity contribution in [1.82, 2.24) is 15.1 Å². The SMILES string of the molecule is O=C(NCC(c1ccco1)N1CCCC1)N1CCSCC1. The molecule has 1 atom stereocenters. The minimum atomic E-state index is 0.0612. The van der Waals surface area contributed by atoms with Crippen molar-refractivity contribution in [3.05, 3.63) is 24.2 Å². The molecular formula is C15H23N3O2S. The summed E-state index contributed by atoms with van der Waals surface area (Å²) in [6.07, 6.45) is 4.17. The molecule has 0 aromatic carbocycles. The first-order valence-electron chi connectivity index (χ1n) is 7.72. The summed E-state index contributed by atoms with van der Waals surface area (Å²) >= 11 is 1.91. The highest BCUT2D eigenvalue weighted by Crippen LogP contribution is 2.25. The van der Waals surface area contributed by atoms with E-state index in [4.69, 9.17) is 4.42 Å². The molecule has 0 saturated carbocycles. The summed E-state index contributed by atoms with van der Waals surface area (Å²) in [5.41, 5.74) is 0. The minimum Gasteiger partial charge on any atom is -0.468 e. The summed E-state index contributed by atoms with van der Waals surface area (Å²) in [4.78, 5) is 16.6. The molecule has 21 heavy (non-hydrogen) atoms. The molecule has 2 saturated heterocycles. The Balaban J connectivity index is 1.58. The Labute approximate surface area is 130 Å². The maximum atomic E-state index is 12.2. The Morgan fingerprint density at radius 3 is 2.71 bits per heavy atom. The number of hydrogen-bond acceptors (Lipinski definition) is 4. The van der Waals surface area contributed by atoms with Crippen LogP contribution in [0.2, 0.25) is 0 Å². The van der Waals surface area contributed by atoms with E-state index in [1.54, 1.807) is 6.26 Å². The third-order valence-electron chi connectivity index (χ3n) is 4.20. The monoisotopic (exact) mass is 309 g/mol. The van der Waals surface area contributed by atoms with Gasteiger partial charge in [-0.15, -0.1) is 0 Å². The molecule has 6 heteroatoms. The van der Waals surface area contributed by atoms with E-state index in [0.717, 1.165) is 43.4 Å². The molecule has 1 aromatic heterocycles. The molecule has 116 valence electrons. The van der Waals surface area contributed by atoms with Crippen molar-refractivity contribution in [2.75, 3.05) is 44.2 Å². The third-order valence-corrected chi connectivity index (χ3v) is 5.14. The van der Waals surface area contributed by atoms with Crippen LogP contribution in [0.1, 0.15) is 24.6 Å². The van der Waals surface area contributed by atoms with Crippen LogP contribution in [-0.2, 0) is 0 Å². The van der Waals surface area contributed by atoms with E-state index in [1.165, 1.54) is 12.8 Å². The lowest BCUT2D eigenvalue weighted by Gasteiger charge is -2.29. The lowest BCUT2D eigenvalue weighted by molar-refractivity contribution is 0.184. The maximum Gasteiger partial charge on any atom is 0.317 e. The van der Waals surface area contributed by atoms with Gasteiger partial charge in [0.05, 0.1) is 12.3 Å². The first kappa shape index (κ1) is 14.8. The fraction of sp³-hybridized carbons (Fsp3) is 0.667. The van der Waals surface area contributed by atoms with Crippen molar-refractivity contribution >= 4 is 17.8 Å². The largest absolute Gasteiger partial charge is 0.468 e. The van der Waals surface area contributed by atoms with Crippen molar-refractivity contribution in [2.24, 2.45) is 0 Å². The second-order valence-electron chi connectivity index (χ2n) is 5.56. The molecule has 3 rings (SSSR count). The number of amides is 2. The molecule has 0 aliphatic carbocycles. The van der Waals surface area contributed by atoms with E-state index in [-0.39, 0.29) is 12.1 Å². The number of nitrogens with zero attached hydrogens (tertiary/aromatic N) is 2. The van der Waals surface area contributed by atoms with Gasteiger partial charge in [0.25, 0.3) is 0 Å². The van der Waals surface area contributed by atoms with Crippen LogP contribution >= 0.6 is 11.8 Å². The molecule has 3 heterocycles. The highest BCUT2D eigenvalue weighted by Gasteiger charge is 2.26. The Morgan fingerprint density at radius 2 is 2.05 bits per heavy atom. The van der Waals surface area contributed by atoms with Gasteiger partial charge in [0.2, 0.25) is 0 Å². The number of carbonyl (C=O) groups is 1. The predicted octanol–water partition coefficient (Wildman–Crippen LogP) is 2.17. The summed E-state index contributed by atoms with van der Waals surface area (Å²) in [5, 5.41) is 3.09. The smallest absolute Gasteiger partial charge is 0.317 e. The van der Waals surface area contributed by atoms with Gasteiger partial charge in [0.15, 0.2) is 0 Å². The topological polar surface area (TPSA) is 48.7 Å². The molecule has 2 aliphatic heterocycles. The van der Waals surface area contributed by atoms with E-state index in [2.05, 4.69) is 10.2 Å². The van der Waals surface area contributed by atoms with Crippen LogP contribution in [0.15, 0.2) is 22.8 Å². The van der Waals surface area contributed by atoms with Gasteiger partial charge in [0, 0.05) is 31.1 Å². The first-order valence-corrected chi connectivity index (χ1v) is 8.88. The lowest BCUT2D eigenvalue weighted by atomic mass is 10.2. The molecule has 2 aliphatic rings. The van der Waals surface area contributed by atoms with Crippen molar-refractivity contribution in [3.63, 3.8) is 0 Å². The highest BCUT2D eigenvalue weighted by atomic mass is 32.2. The Kier molecular flexibility index (Phi) is 5.08. The summed E-state index contributed by atoms with van der Waals surface area (Å²) in [6, 6.07) is 4.14. The van der Waals surface area contributed by atoms with Gasteiger partial charge < -0.3 is 14.6 Å². The molecule has 0 spiro atoms. The Morgan fingerprint density at radius 1 is 1.29 bits per heavy atom. The van der Waals surface area contributed by atoms with Crippen molar-refractivity contribution < 1.29 is 9.21 Å². The number of nitrogens with one attached hydrogen (secondary N) is 1. The van der Waals surface area contributed by atoms with Crippen LogP contribution in [0.25, 0.3) is 0 Å². The van der Waals surface area contributed by atoms with Crippen LogP contribution in [0.4, 0.5) is 4.79 Å². The van der Waals surface area contributed by atoms with Gasteiger partial charge in [-0.25, -0.2) is 4.79 Å². The van der Waals surface area contributed by atoms with E-state index in [9.17, 15) is 4.79 Å². The average molecular weight is 309 g/mol. The van der Waals surface area contributed by atoms with Gasteiger partial charge in [-0.05, 0) is 38.1 Å². The van der Waals surface area contributed by atoms with E-state index < -0.39 is 0 Å². The number of thioether (sulfide) groups is 1. The first-order chi connectivity index (χ1) is 10.3. The van der Waals surface area contributed by atoms with Crippen LogP contribution in [0, 0.1) is 0 Å². The summed E-state index contributed by atoms with van der Waals surface area (Å²) in [6.45, 7) is 4.50. The molecule has 1 unspecified atom stereocenters. The van der Waals surface area contributed by atoms with Gasteiger partial charge in [-0.2, -0.15) is 11.8 Å². The zero-order valence-corrected chi connectivity index (χ0v) is 13.1. The number of urea groups is 1. The standard InChI is InChI=1S/C15H23N3O2S/c19-15(18-7-10-21-11-8-18)16-12-13(14-4-3-9-20-14)17-5-1-2-6-17/h3-4,9,13H,1-2,5-8,10-12H2,(H,16,19).